The number of ketones is 1. The summed E-state index contributed by atoms with van der Waals surface area (Å²) in [5, 5.41) is 0. The molecule has 2 aromatic rings. The first kappa shape index (κ1) is 14.4. The third kappa shape index (κ3) is 2.42. The zero-order valence-electron chi connectivity index (χ0n) is 10.6. The molecule has 0 atom stereocenters. The summed E-state index contributed by atoms with van der Waals surface area (Å²) < 4.78 is 14.6. The van der Waals surface area contributed by atoms with Crippen LogP contribution in [0.4, 0.5) is 10.1 Å². The Kier molecular flexibility index (Phi) is 3.67. The molecular weight excluding hydrogens is 405 g/mol. The number of benzene rings is 2. The third-order valence-corrected chi connectivity index (χ3v) is 4.68. The molecule has 3 nitrogen and oxygen atoms in total. The van der Waals surface area contributed by atoms with Crippen LogP contribution < -0.4 is 4.90 Å². The van der Waals surface area contributed by atoms with Crippen molar-refractivity contribution in [1.29, 1.82) is 0 Å². The van der Waals surface area contributed by atoms with Crippen LogP contribution in [0.1, 0.15) is 15.9 Å². The van der Waals surface area contributed by atoms with Gasteiger partial charge in [0.2, 0.25) is 0 Å². The molecule has 6 heteroatoms. The quantitative estimate of drug-likeness (QED) is 0.697. The van der Waals surface area contributed by atoms with E-state index < -0.39 is 17.5 Å². The number of hydrogen-bond acceptors (Lipinski definition) is 2. The highest BCUT2D eigenvalue weighted by Crippen LogP contribution is 2.34. The molecule has 21 heavy (non-hydrogen) atoms. The zero-order valence-corrected chi connectivity index (χ0v) is 13.7. The third-order valence-electron chi connectivity index (χ3n) is 3.29. The molecule has 0 aromatic heterocycles. The van der Waals surface area contributed by atoms with Crippen molar-refractivity contribution >= 4 is 49.2 Å². The Hall–Kier alpha value is -1.53. The molecule has 0 aliphatic carbocycles. The molecular formula is C15H8Br2FNO2. The number of nitrogens with zero attached hydrogens (tertiary/aromatic N) is 1. The van der Waals surface area contributed by atoms with Crippen LogP contribution in [-0.2, 0) is 11.3 Å². The summed E-state index contributed by atoms with van der Waals surface area (Å²) in [5.41, 5.74) is 1.51. The first-order valence-corrected chi connectivity index (χ1v) is 7.66. The minimum absolute atomic E-state index is 0.131. The van der Waals surface area contributed by atoms with Crippen LogP contribution in [0.5, 0.6) is 0 Å². The minimum Gasteiger partial charge on any atom is -0.300 e. The van der Waals surface area contributed by atoms with Crippen molar-refractivity contribution < 1.29 is 14.0 Å². The van der Waals surface area contributed by atoms with Crippen molar-refractivity contribution in [2.75, 3.05) is 4.90 Å². The van der Waals surface area contributed by atoms with Crippen molar-refractivity contribution in [3.63, 3.8) is 0 Å². The molecule has 2 aromatic carbocycles. The molecule has 1 heterocycles. The van der Waals surface area contributed by atoms with Crippen LogP contribution >= 0.6 is 31.9 Å². The number of hydrogen-bond donors (Lipinski definition) is 0. The molecule has 0 radical (unpaired) electrons. The van der Waals surface area contributed by atoms with Crippen molar-refractivity contribution in [3.05, 3.63) is 62.3 Å². The van der Waals surface area contributed by atoms with Crippen molar-refractivity contribution in [2.24, 2.45) is 0 Å². The number of fused-ring (bicyclic) bond motifs is 1. The Balaban J connectivity index is 2.04. The van der Waals surface area contributed by atoms with Gasteiger partial charge in [-0.2, -0.15) is 0 Å². The van der Waals surface area contributed by atoms with Crippen LogP contribution in [0.3, 0.4) is 0 Å². The van der Waals surface area contributed by atoms with E-state index >= 15 is 0 Å². The summed E-state index contributed by atoms with van der Waals surface area (Å²) in [6.45, 7) is 0.131. The van der Waals surface area contributed by atoms with Crippen LogP contribution in [0.15, 0.2) is 45.3 Å². The fourth-order valence-corrected chi connectivity index (χ4v) is 3.00. The van der Waals surface area contributed by atoms with Crippen molar-refractivity contribution in [1.82, 2.24) is 0 Å². The summed E-state index contributed by atoms with van der Waals surface area (Å²) in [6, 6.07) is 9.65. The molecule has 1 aliphatic heterocycles. The Morgan fingerprint density at radius 1 is 1.10 bits per heavy atom. The largest absolute Gasteiger partial charge is 0.300 e. The average molecular weight is 413 g/mol. The maximum atomic E-state index is 13.6. The highest BCUT2D eigenvalue weighted by atomic mass is 79.9. The second-order valence-electron chi connectivity index (χ2n) is 4.59. The van der Waals surface area contributed by atoms with Gasteiger partial charge in [0.25, 0.3) is 11.7 Å². The molecule has 0 N–H and O–H groups in total. The number of Topliss-reactive ketones (excluding diaryl/α,β-unsaturated/α-hetero) is 1. The van der Waals surface area contributed by atoms with Gasteiger partial charge in [0, 0.05) is 4.47 Å². The Morgan fingerprint density at radius 2 is 1.86 bits per heavy atom. The van der Waals surface area contributed by atoms with Gasteiger partial charge in [-0.25, -0.2) is 4.39 Å². The summed E-state index contributed by atoms with van der Waals surface area (Å²) >= 11 is 6.50. The SMILES string of the molecule is O=C1C(=O)N(Cc2cccc(F)c2Br)c2cc(Br)ccc21. The van der Waals surface area contributed by atoms with Crippen molar-refractivity contribution in [3.8, 4) is 0 Å². The molecule has 1 aliphatic rings. The fraction of sp³-hybridized carbons (Fsp3) is 0.0667. The summed E-state index contributed by atoms with van der Waals surface area (Å²) in [7, 11) is 0. The summed E-state index contributed by atoms with van der Waals surface area (Å²) in [6.07, 6.45) is 0. The van der Waals surface area contributed by atoms with E-state index in [2.05, 4.69) is 31.9 Å². The lowest BCUT2D eigenvalue weighted by Gasteiger charge is -2.17. The topological polar surface area (TPSA) is 37.4 Å². The molecule has 3 rings (SSSR count). The van der Waals surface area contributed by atoms with E-state index in [0.717, 1.165) is 4.47 Å². The normalized spacial score (nSPS) is 13.8. The van der Waals surface area contributed by atoms with Crippen LogP contribution in [0.25, 0.3) is 0 Å². The van der Waals surface area contributed by atoms with Crippen LogP contribution in [0, 0.1) is 5.82 Å². The van der Waals surface area contributed by atoms with E-state index in [0.29, 0.717) is 21.3 Å². The van der Waals surface area contributed by atoms with E-state index in [1.807, 2.05) is 0 Å². The number of carbonyl (C=O) groups is 2. The standard InChI is InChI=1S/C15H8Br2FNO2/c16-9-4-5-10-12(6-9)19(15(21)14(10)20)7-8-2-1-3-11(18)13(8)17/h1-6H,7H2. The molecule has 106 valence electrons. The predicted octanol–water partition coefficient (Wildman–Crippen LogP) is 4.08. The summed E-state index contributed by atoms with van der Waals surface area (Å²) in [4.78, 5) is 25.5. The van der Waals surface area contributed by atoms with Gasteiger partial charge >= 0.3 is 0 Å². The number of halogens is 3. The lowest BCUT2D eigenvalue weighted by molar-refractivity contribution is -0.114. The number of carbonyl (C=O) groups excluding carboxylic acids is 2. The molecule has 0 bridgehead atoms. The first-order chi connectivity index (χ1) is 9.99. The number of anilines is 1. The van der Waals surface area contributed by atoms with Crippen LogP contribution in [0.2, 0.25) is 0 Å². The Bertz CT molecular complexity index is 776. The van der Waals surface area contributed by atoms with Gasteiger partial charge in [-0.3, -0.25) is 9.59 Å². The second kappa shape index (κ2) is 5.35. The number of amides is 1. The number of rotatable bonds is 2. The summed E-state index contributed by atoms with van der Waals surface area (Å²) in [5.74, 6) is -1.54. The maximum absolute atomic E-state index is 13.6. The molecule has 0 unspecified atom stereocenters. The maximum Gasteiger partial charge on any atom is 0.299 e. The van der Waals surface area contributed by atoms with Gasteiger partial charge < -0.3 is 4.90 Å². The van der Waals surface area contributed by atoms with Gasteiger partial charge in [-0.1, -0.05) is 28.1 Å². The molecule has 1 amide bonds. The zero-order chi connectivity index (χ0) is 15.1. The first-order valence-electron chi connectivity index (χ1n) is 6.07. The van der Waals surface area contributed by atoms with Gasteiger partial charge in [-0.15, -0.1) is 0 Å². The minimum atomic E-state index is -0.598. The van der Waals surface area contributed by atoms with E-state index in [9.17, 15) is 14.0 Å². The Morgan fingerprint density at radius 3 is 2.62 bits per heavy atom. The highest BCUT2D eigenvalue weighted by Gasteiger charge is 2.36. The average Bonchev–Trinajstić information content (AvgIpc) is 2.68. The molecule has 0 saturated carbocycles. The van der Waals surface area contributed by atoms with Gasteiger partial charge in [0.05, 0.1) is 22.3 Å². The lowest BCUT2D eigenvalue weighted by atomic mass is 10.1. The predicted molar refractivity (Wildman–Crippen MR) is 83.8 cm³/mol. The Labute approximate surface area is 137 Å². The van der Waals surface area contributed by atoms with E-state index in [1.54, 1.807) is 30.3 Å². The van der Waals surface area contributed by atoms with Gasteiger partial charge in [-0.05, 0) is 45.8 Å². The van der Waals surface area contributed by atoms with E-state index in [1.165, 1.54) is 11.0 Å². The fourth-order valence-electron chi connectivity index (χ4n) is 2.27. The van der Waals surface area contributed by atoms with Gasteiger partial charge in [0.1, 0.15) is 5.82 Å². The van der Waals surface area contributed by atoms with Crippen molar-refractivity contribution in [2.45, 2.75) is 6.54 Å². The van der Waals surface area contributed by atoms with Crippen LogP contribution in [-0.4, -0.2) is 11.7 Å². The molecule has 0 fully saturated rings. The van der Waals surface area contributed by atoms with Gasteiger partial charge in [0.15, 0.2) is 0 Å². The second-order valence-corrected chi connectivity index (χ2v) is 6.30. The lowest BCUT2D eigenvalue weighted by Crippen LogP contribution is -2.29. The smallest absolute Gasteiger partial charge is 0.299 e. The molecule has 0 saturated heterocycles. The van der Waals surface area contributed by atoms with E-state index in [4.69, 9.17) is 0 Å². The highest BCUT2D eigenvalue weighted by molar-refractivity contribution is 9.10. The molecule has 0 spiro atoms. The van der Waals surface area contributed by atoms with E-state index in [-0.39, 0.29) is 6.54 Å². The monoisotopic (exact) mass is 411 g/mol.